The number of hydrogen-bond donors (Lipinski definition) is 0. The second kappa shape index (κ2) is 10.1. The van der Waals surface area contributed by atoms with Crippen LogP contribution >= 0.6 is 47.2 Å². The summed E-state index contributed by atoms with van der Waals surface area (Å²) in [5.41, 5.74) is 1.90. The summed E-state index contributed by atoms with van der Waals surface area (Å²) in [6.07, 6.45) is 1.71. The maximum atomic E-state index is 13.6. The third-order valence-electron chi connectivity index (χ3n) is 4.74. The summed E-state index contributed by atoms with van der Waals surface area (Å²) in [5.74, 6) is 0.264. The maximum absolute atomic E-state index is 13.6. The fourth-order valence-electron chi connectivity index (χ4n) is 3.14. The van der Waals surface area contributed by atoms with E-state index in [4.69, 9.17) is 44.9 Å². The molecule has 4 rings (SSSR count). The topological polar surface area (TPSA) is 38.8 Å². The molecule has 168 valence electrons. The van der Waals surface area contributed by atoms with Gasteiger partial charge in [-0.2, -0.15) is 0 Å². The van der Waals surface area contributed by atoms with Gasteiger partial charge in [-0.15, -0.1) is 0 Å². The molecular weight excluding hydrogens is 504 g/mol. The first-order valence-electron chi connectivity index (χ1n) is 9.64. The number of benzene rings is 3. The zero-order chi connectivity index (χ0) is 23.5. The molecule has 1 saturated heterocycles. The molecule has 9 heteroatoms. The van der Waals surface area contributed by atoms with Gasteiger partial charge in [0, 0.05) is 15.6 Å². The number of ether oxygens (including phenoxy) is 2. The predicted octanol–water partition coefficient (Wildman–Crippen LogP) is 7.13. The van der Waals surface area contributed by atoms with Gasteiger partial charge in [0.15, 0.2) is 15.8 Å². The largest absolute Gasteiger partial charge is 0.493 e. The van der Waals surface area contributed by atoms with E-state index in [1.54, 1.807) is 48.5 Å². The molecule has 0 saturated carbocycles. The van der Waals surface area contributed by atoms with Crippen molar-refractivity contribution in [3.8, 4) is 11.5 Å². The Morgan fingerprint density at radius 1 is 1.09 bits per heavy atom. The molecule has 3 aromatic carbocycles. The fourth-order valence-corrected chi connectivity index (χ4v) is 4.91. The minimum Gasteiger partial charge on any atom is -0.493 e. The van der Waals surface area contributed by atoms with E-state index in [-0.39, 0.29) is 12.5 Å². The van der Waals surface area contributed by atoms with E-state index in [1.165, 1.54) is 30.2 Å². The number of amides is 1. The summed E-state index contributed by atoms with van der Waals surface area (Å²) >= 11 is 18.6. The van der Waals surface area contributed by atoms with Crippen LogP contribution in [0.3, 0.4) is 0 Å². The lowest BCUT2D eigenvalue weighted by molar-refractivity contribution is -0.113. The highest BCUT2D eigenvalue weighted by Crippen LogP contribution is 2.37. The summed E-state index contributed by atoms with van der Waals surface area (Å²) < 4.78 is 25.3. The van der Waals surface area contributed by atoms with Crippen molar-refractivity contribution in [3.63, 3.8) is 0 Å². The van der Waals surface area contributed by atoms with E-state index in [0.717, 1.165) is 22.9 Å². The maximum Gasteiger partial charge on any atom is 0.270 e. The fraction of sp³-hybridized carbons (Fsp3) is 0.0833. The quantitative estimate of drug-likeness (QED) is 0.256. The van der Waals surface area contributed by atoms with Crippen LogP contribution < -0.4 is 14.4 Å². The standard InChI is InChI=1S/C24H16Cl2FNO3S2/c1-30-21-9-14(5-8-20(21)31-13-15-6-7-16(25)11-19(15)26)10-22-23(29)28(24(32)33-22)18-4-2-3-17(27)12-18/h2-12H,13H2,1H3. The van der Waals surface area contributed by atoms with Crippen LogP contribution in [0.4, 0.5) is 10.1 Å². The van der Waals surface area contributed by atoms with Crippen LogP contribution in [-0.4, -0.2) is 17.3 Å². The van der Waals surface area contributed by atoms with Gasteiger partial charge in [0.25, 0.3) is 5.91 Å². The normalized spacial score (nSPS) is 14.8. The van der Waals surface area contributed by atoms with Crippen molar-refractivity contribution in [3.05, 3.63) is 92.6 Å². The first-order valence-corrected chi connectivity index (χ1v) is 11.6. The molecule has 0 aromatic heterocycles. The molecule has 0 aliphatic carbocycles. The summed E-state index contributed by atoms with van der Waals surface area (Å²) in [7, 11) is 1.53. The first kappa shape index (κ1) is 23.6. The summed E-state index contributed by atoms with van der Waals surface area (Å²) in [6.45, 7) is 0.234. The van der Waals surface area contributed by atoms with Gasteiger partial charge in [-0.1, -0.05) is 65.4 Å². The van der Waals surface area contributed by atoms with Gasteiger partial charge in [0.05, 0.1) is 17.7 Å². The van der Waals surface area contributed by atoms with Crippen molar-refractivity contribution >= 4 is 69.2 Å². The van der Waals surface area contributed by atoms with E-state index >= 15 is 0 Å². The number of halogens is 3. The van der Waals surface area contributed by atoms with Crippen LogP contribution in [0.15, 0.2) is 65.6 Å². The number of rotatable bonds is 6. The van der Waals surface area contributed by atoms with E-state index in [9.17, 15) is 9.18 Å². The highest BCUT2D eigenvalue weighted by Gasteiger charge is 2.33. The molecule has 1 heterocycles. The molecule has 0 unspecified atom stereocenters. The van der Waals surface area contributed by atoms with Gasteiger partial charge in [-0.25, -0.2) is 4.39 Å². The molecule has 0 atom stereocenters. The van der Waals surface area contributed by atoms with Crippen LogP contribution in [0, 0.1) is 5.82 Å². The van der Waals surface area contributed by atoms with Gasteiger partial charge in [-0.3, -0.25) is 9.69 Å². The molecular formula is C24H16Cl2FNO3S2. The van der Waals surface area contributed by atoms with E-state index < -0.39 is 5.82 Å². The SMILES string of the molecule is COc1cc(C=C2SC(=S)N(c3cccc(F)c3)C2=O)ccc1OCc1ccc(Cl)cc1Cl. The Bertz CT molecular complexity index is 1280. The molecule has 33 heavy (non-hydrogen) atoms. The Hall–Kier alpha value is -2.58. The highest BCUT2D eigenvalue weighted by atomic mass is 35.5. The van der Waals surface area contributed by atoms with Gasteiger partial charge in [0.1, 0.15) is 12.4 Å². The number of thioether (sulfide) groups is 1. The number of methoxy groups -OCH3 is 1. The summed E-state index contributed by atoms with van der Waals surface area (Å²) in [4.78, 5) is 14.7. The minimum absolute atomic E-state index is 0.234. The summed E-state index contributed by atoms with van der Waals surface area (Å²) in [5, 5.41) is 1.06. The number of nitrogens with zero attached hydrogens (tertiary/aromatic N) is 1. The molecule has 0 spiro atoms. The molecule has 0 bridgehead atoms. The average molecular weight is 520 g/mol. The molecule has 3 aromatic rings. The highest BCUT2D eigenvalue weighted by molar-refractivity contribution is 8.27. The molecule has 1 aliphatic rings. The van der Waals surface area contributed by atoms with Gasteiger partial charge in [0.2, 0.25) is 0 Å². The van der Waals surface area contributed by atoms with Crippen LogP contribution in [0.2, 0.25) is 10.0 Å². The molecule has 0 radical (unpaired) electrons. The zero-order valence-electron chi connectivity index (χ0n) is 17.2. The molecule has 1 fully saturated rings. The third kappa shape index (κ3) is 5.33. The van der Waals surface area contributed by atoms with Crippen LogP contribution in [0.25, 0.3) is 6.08 Å². The van der Waals surface area contributed by atoms with Gasteiger partial charge < -0.3 is 9.47 Å². The smallest absolute Gasteiger partial charge is 0.270 e. The molecule has 4 nitrogen and oxygen atoms in total. The second-order valence-corrected chi connectivity index (χ2v) is 9.45. The molecule has 1 amide bonds. The Kier molecular flexibility index (Phi) is 7.24. The monoisotopic (exact) mass is 519 g/mol. The second-order valence-electron chi connectivity index (χ2n) is 6.93. The zero-order valence-corrected chi connectivity index (χ0v) is 20.3. The molecule has 1 aliphatic heterocycles. The van der Waals surface area contributed by atoms with Crippen molar-refractivity contribution in [2.45, 2.75) is 6.61 Å². The Labute approximate surface area is 209 Å². The lowest BCUT2D eigenvalue weighted by atomic mass is 10.1. The Morgan fingerprint density at radius 2 is 1.91 bits per heavy atom. The first-order chi connectivity index (χ1) is 15.9. The van der Waals surface area contributed by atoms with Crippen LogP contribution in [0.1, 0.15) is 11.1 Å². The van der Waals surface area contributed by atoms with Crippen molar-refractivity contribution < 1.29 is 18.7 Å². The number of anilines is 1. The van der Waals surface area contributed by atoms with Crippen LogP contribution in [-0.2, 0) is 11.4 Å². The van der Waals surface area contributed by atoms with Crippen molar-refractivity contribution in [1.82, 2.24) is 0 Å². The van der Waals surface area contributed by atoms with E-state index in [2.05, 4.69) is 0 Å². The number of carbonyl (C=O) groups is 1. The van der Waals surface area contributed by atoms with Crippen molar-refractivity contribution in [2.75, 3.05) is 12.0 Å². The van der Waals surface area contributed by atoms with Crippen LogP contribution in [0.5, 0.6) is 11.5 Å². The minimum atomic E-state index is -0.439. The molecule has 0 N–H and O–H groups in total. The number of carbonyl (C=O) groups excluding carboxylic acids is 1. The number of thiocarbonyl (C=S) groups is 1. The van der Waals surface area contributed by atoms with Crippen molar-refractivity contribution in [1.29, 1.82) is 0 Å². The number of hydrogen-bond acceptors (Lipinski definition) is 5. The van der Waals surface area contributed by atoms with E-state index in [0.29, 0.717) is 36.5 Å². The lowest BCUT2D eigenvalue weighted by Gasteiger charge is -2.14. The van der Waals surface area contributed by atoms with E-state index in [1.807, 2.05) is 0 Å². The average Bonchev–Trinajstić information content (AvgIpc) is 3.06. The lowest BCUT2D eigenvalue weighted by Crippen LogP contribution is -2.27. The van der Waals surface area contributed by atoms with Gasteiger partial charge >= 0.3 is 0 Å². The Morgan fingerprint density at radius 3 is 2.64 bits per heavy atom. The predicted molar refractivity (Wildman–Crippen MR) is 136 cm³/mol. The van der Waals surface area contributed by atoms with Crippen molar-refractivity contribution in [2.24, 2.45) is 0 Å². The Balaban J connectivity index is 1.54. The van der Waals surface area contributed by atoms with Gasteiger partial charge in [-0.05, 0) is 54.1 Å². The summed E-state index contributed by atoms with van der Waals surface area (Å²) in [6, 6.07) is 16.3. The third-order valence-corrected chi connectivity index (χ3v) is 6.63.